The Morgan fingerprint density at radius 1 is 1.26 bits per heavy atom. The van der Waals surface area contributed by atoms with E-state index >= 15 is 0 Å². The third kappa shape index (κ3) is 3.47. The molecular weight excluding hydrogens is 312 g/mol. The quantitative estimate of drug-likeness (QED) is 0.900. The number of benzene rings is 1. The largest absolute Gasteiger partial charge is 0.486 e. The molecule has 1 aromatic carbocycles. The second kappa shape index (κ2) is 7.00. The average Bonchev–Trinajstić information content (AvgIpc) is 3.04. The maximum absolute atomic E-state index is 12.1. The third-order valence-corrected chi connectivity index (χ3v) is 4.69. The number of thiazole rings is 1. The maximum Gasteiger partial charge on any atom is 0.229 e. The number of aromatic nitrogens is 1. The molecule has 0 saturated heterocycles. The number of hydrogen-bond donors (Lipinski definition) is 1. The molecule has 0 fully saturated rings. The minimum atomic E-state index is 0.0386. The van der Waals surface area contributed by atoms with E-state index in [-0.39, 0.29) is 11.8 Å². The summed E-state index contributed by atoms with van der Waals surface area (Å²) in [6, 6.07) is 5.77. The molecule has 23 heavy (non-hydrogen) atoms. The van der Waals surface area contributed by atoms with E-state index in [2.05, 4.69) is 10.3 Å². The normalized spacial score (nSPS) is 13.2. The molecule has 2 aromatic rings. The number of hydrogen-bond acceptors (Lipinski definition) is 5. The number of amides is 1. The molecule has 0 saturated carbocycles. The highest BCUT2D eigenvalue weighted by molar-refractivity contribution is 7.14. The molecule has 0 aliphatic carbocycles. The number of ether oxygens (including phenoxy) is 2. The van der Waals surface area contributed by atoms with Crippen LogP contribution in [0.15, 0.2) is 23.6 Å². The first-order valence-corrected chi connectivity index (χ1v) is 8.75. The van der Waals surface area contributed by atoms with Gasteiger partial charge in [-0.25, -0.2) is 4.98 Å². The second-order valence-corrected chi connectivity index (χ2v) is 6.26. The van der Waals surface area contributed by atoms with Crippen molar-refractivity contribution < 1.29 is 14.3 Å². The average molecular weight is 332 g/mol. The maximum atomic E-state index is 12.1. The molecule has 0 spiro atoms. The van der Waals surface area contributed by atoms with Crippen LogP contribution in [0, 0.1) is 5.92 Å². The van der Waals surface area contributed by atoms with Gasteiger partial charge in [-0.2, -0.15) is 0 Å². The Balaban J connectivity index is 1.75. The topological polar surface area (TPSA) is 60.5 Å². The molecule has 0 atom stereocenters. The number of rotatable bonds is 5. The summed E-state index contributed by atoms with van der Waals surface area (Å²) in [6.45, 7) is 5.19. The Morgan fingerprint density at radius 3 is 2.74 bits per heavy atom. The Kier molecular flexibility index (Phi) is 4.81. The van der Waals surface area contributed by atoms with Crippen molar-refractivity contribution in [1.82, 2.24) is 4.98 Å². The molecule has 1 aliphatic rings. The van der Waals surface area contributed by atoms with Gasteiger partial charge in [0.25, 0.3) is 0 Å². The molecule has 6 heteroatoms. The second-order valence-electron chi connectivity index (χ2n) is 5.40. The minimum absolute atomic E-state index is 0.0386. The summed E-state index contributed by atoms with van der Waals surface area (Å²) >= 11 is 1.43. The summed E-state index contributed by atoms with van der Waals surface area (Å²) in [5.74, 6) is 1.58. The highest BCUT2D eigenvalue weighted by atomic mass is 32.1. The molecule has 2 heterocycles. The van der Waals surface area contributed by atoms with Crippen molar-refractivity contribution in [3.05, 3.63) is 23.6 Å². The van der Waals surface area contributed by atoms with Crippen molar-refractivity contribution in [3.8, 4) is 22.8 Å². The summed E-state index contributed by atoms with van der Waals surface area (Å²) in [5.41, 5.74) is 1.78. The molecule has 1 aliphatic heterocycles. The highest BCUT2D eigenvalue weighted by Crippen LogP contribution is 2.35. The molecule has 0 radical (unpaired) electrons. The van der Waals surface area contributed by atoms with Crippen LogP contribution >= 0.6 is 11.3 Å². The van der Waals surface area contributed by atoms with Gasteiger partial charge in [0.05, 0.1) is 5.69 Å². The SMILES string of the molecule is CCC(CC)C(=O)Nc1nc(-c2ccc3c(c2)OCCO3)cs1. The molecular formula is C17H20N2O3S. The molecule has 0 unspecified atom stereocenters. The van der Waals surface area contributed by atoms with Crippen molar-refractivity contribution in [2.75, 3.05) is 18.5 Å². The number of nitrogens with zero attached hydrogens (tertiary/aromatic N) is 1. The van der Waals surface area contributed by atoms with Crippen LogP contribution in [0.1, 0.15) is 26.7 Å². The third-order valence-electron chi connectivity index (χ3n) is 3.93. The van der Waals surface area contributed by atoms with E-state index < -0.39 is 0 Å². The standard InChI is InChI=1S/C17H20N2O3S/c1-3-11(4-2)16(20)19-17-18-13(10-23-17)12-5-6-14-15(9-12)22-8-7-21-14/h5-6,9-11H,3-4,7-8H2,1-2H3,(H,18,19,20). The van der Waals surface area contributed by atoms with Gasteiger partial charge in [-0.15, -0.1) is 11.3 Å². The van der Waals surface area contributed by atoms with Crippen LogP contribution in [0.25, 0.3) is 11.3 Å². The predicted molar refractivity (Wildman–Crippen MR) is 91.2 cm³/mol. The van der Waals surface area contributed by atoms with Crippen molar-refractivity contribution in [1.29, 1.82) is 0 Å². The fourth-order valence-electron chi connectivity index (χ4n) is 2.53. The lowest BCUT2D eigenvalue weighted by atomic mass is 10.0. The van der Waals surface area contributed by atoms with Crippen molar-refractivity contribution in [3.63, 3.8) is 0 Å². The molecule has 3 rings (SSSR count). The van der Waals surface area contributed by atoms with E-state index in [1.54, 1.807) is 0 Å². The Morgan fingerprint density at radius 2 is 2.00 bits per heavy atom. The van der Waals surface area contributed by atoms with Gasteiger partial charge in [0.1, 0.15) is 13.2 Å². The van der Waals surface area contributed by atoms with E-state index in [0.717, 1.165) is 35.6 Å². The van der Waals surface area contributed by atoms with Crippen LogP contribution in [-0.2, 0) is 4.79 Å². The number of nitrogens with one attached hydrogen (secondary N) is 1. The highest BCUT2D eigenvalue weighted by Gasteiger charge is 2.17. The molecule has 5 nitrogen and oxygen atoms in total. The zero-order valence-electron chi connectivity index (χ0n) is 13.3. The molecule has 1 N–H and O–H groups in total. The molecule has 1 amide bonds. The Hall–Kier alpha value is -2.08. The van der Waals surface area contributed by atoms with Crippen LogP contribution in [-0.4, -0.2) is 24.1 Å². The number of carbonyl (C=O) groups is 1. The monoisotopic (exact) mass is 332 g/mol. The van der Waals surface area contributed by atoms with Gasteiger partial charge in [0.15, 0.2) is 16.6 Å². The van der Waals surface area contributed by atoms with Crippen LogP contribution in [0.5, 0.6) is 11.5 Å². The summed E-state index contributed by atoms with van der Waals surface area (Å²) in [7, 11) is 0. The smallest absolute Gasteiger partial charge is 0.229 e. The first-order valence-electron chi connectivity index (χ1n) is 7.87. The fourth-order valence-corrected chi connectivity index (χ4v) is 3.26. The summed E-state index contributed by atoms with van der Waals surface area (Å²) in [5, 5.41) is 5.48. The van der Waals surface area contributed by atoms with E-state index in [1.807, 2.05) is 37.4 Å². The van der Waals surface area contributed by atoms with Crippen LogP contribution < -0.4 is 14.8 Å². The van der Waals surface area contributed by atoms with Crippen LogP contribution in [0.2, 0.25) is 0 Å². The van der Waals surface area contributed by atoms with Gasteiger partial charge in [0.2, 0.25) is 5.91 Å². The van der Waals surface area contributed by atoms with Crippen LogP contribution in [0.3, 0.4) is 0 Å². The fraction of sp³-hybridized carbons (Fsp3) is 0.412. The lowest BCUT2D eigenvalue weighted by Gasteiger charge is -2.18. The minimum Gasteiger partial charge on any atom is -0.486 e. The molecule has 1 aromatic heterocycles. The predicted octanol–water partition coefficient (Wildman–Crippen LogP) is 3.96. The van der Waals surface area contributed by atoms with Gasteiger partial charge in [0, 0.05) is 16.9 Å². The van der Waals surface area contributed by atoms with E-state index in [0.29, 0.717) is 18.3 Å². The Bertz CT molecular complexity index is 695. The van der Waals surface area contributed by atoms with Crippen molar-refractivity contribution >= 4 is 22.4 Å². The van der Waals surface area contributed by atoms with Gasteiger partial charge in [-0.05, 0) is 31.0 Å². The lowest BCUT2D eigenvalue weighted by Crippen LogP contribution is -2.21. The van der Waals surface area contributed by atoms with Gasteiger partial charge < -0.3 is 14.8 Å². The number of anilines is 1. The first-order chi connectivity index (χ1) is 11.2. The zero-order valence-corrected chi connectivity index (χ0v) is 14.1. The Labute approximate surface area is 139 Å². The zero-order chi connectivity index (χ0) is 16.2. The first kappa shape index (κ1) is 15.8. The number of carbonyl (C=O) groups excluding carboxylic acids is 1. The summed E-state index contributed by atoms with van der Waals surface area (Å²) < 4.78 is 11.1. The lowest BCUT2D eigenvalue weighted by molar-refractivity contribution is -0.120. The summed E-state index contributed by atoms with van der Waals surface area (Å²) in [6.07, 6.45) is 1.67. The van der Waals surface area contributed by atoms with Crippen molar-refractivity contribution in [2.24, 2.45) is 5.92 Å². The van der Waals surface area contributed by atoms with Gasteiger partial charge in [-0.3, -0.25) is 4.79 Å². The molecule has 122 valence electrons. The summed E-state index contributed by atoms with van der Waals surface area (Å²) in [4.78, 5) is 16.6. The number of fused-ring (bicyclic) bond motifs is 1. The van der Waals surface area contributed by atoms with E-state index in [4.69, 9.17) is 9.47 Å². The molecule has 0 bridgehead atoms. The van der Waals surface area contributed by atoms with E-state index in [1.165, 1.54) is 11.3 Å². The van der Waals surface area contributed by atoms with Crippen molar-refractivity contribution in [2.45, 2.75) is 26.7 Å². The van der Waals surface area contributed by atoms with Gasteiger partial charge >= 0.3 is 0 Å². The van der Waals surface area contributed by atoms with Crippen LogP contribution in [0.4, 0.5) is 5.13 Å². The van der Waals surface area contributed by atoms with Gasteiger partial charge in [-0.1, -0.05) is 13.8 Å². The van der Waals surface area contributed by atoms with E-state index in [9.17, 15) is 4.79 Å².